The lowest BCUT2D eigenvalue weighted by Gasteiger charge is -2.04. The Labute approximate surface area is 175 Å². The lowest BCUT2D eigenvalue weighted by atomic mass is 10.0. The van der Waals surface area contributed by atoms with E-state index in [0.717, 1.165) is 26.4 Å². The molecule has 29 heavy (non-hydrogen) atoms. The summed E-state index contributed by atoms with van der Waals surface area (Å²) in [7, 11) is 0. The van der Waals surface area contributed by atoms with Crippen molar-refractivity contribution < 1.29 is 9.72 Å². The minimum absolute atomic E-state index is 0.0157. The second kappa shape index (κ2) is 7.73. The van der Waals surface area contributed by atoms with E-state index in [4.69, 9.17) is 11.6 Å². The fourth-order valence-corrected chi connectivity index (χ4v) is 4.29. The van der Waals surface area contributed by atoms with Crippen LogP contribution in [0.4, 0.5) is 5.69 Å². The highest BCUT2D eigenvalue weighted by molar-refractivity contribution is 7.21. The number of aromatic nitrogens is 1. The van der Waals surface area contributed by atoms with Gasteiger partial charge in [-0.05, 0) is 42.3 Å². The van der Waals surface area contributed by atoms with E-state index >= 15 is 0 Å². The summed E-state index contributed by atoms with van der Waals surface area (Å²) in [6.45, 7) is 2.06. The molecule has 4 rings (SSSR count). The van der Waals surface area contributed by atoms with Gasteiger partial charge < -0.3 is 0 Å². The molecule has 0 amide bonds. The number of rotatable bonds is 5. The molecule has 0 N–H and O–H groups in total. The van der Waals surface area contributed by atoms with Crippen molar-refractivity contribution in [1.82, 2.24) is 4.98 Å². The average Bonchev–Trinajstić information content (AvgIpc) is 3.11. The van der Waals surface area contributed by atoms with Gasteiger partial charge in [0.2, 0.25) is 0 Å². The fraction of sp³-hybridized carbons (Fsp3) is 0.0909. The first-order chi connectivity index (χ1) is 13.9. The summed E-state index contributed by atoms with van der Waals surface area (Å²) in [5.41, 5.74) is 3.99. The van der Waals surface area contributed by atoms with E-state index in [-0.39, 0.29) is 28.5 Å². The Bertz CT molecular complexity index is 1250. The van der Waals surface area contributed by atoms with E-state index in [1.54, 1.807) is 11.3 Å². The third-order valence-electron chi connectivity index (χ3n) is 4.57. The number of nitrogens with zero attached hydrogens (tertiary/aromatic N) is 2. The van der Waals surface area contributed by atoms with E-state index in [0.29, 0.717) is 0 Å². The molecule has 1 heterocycles. The van der Waals surface area contributed by atoms with Crippen LogP contribution < -0.4 is 0 Å². The molecule has 7 heteroatoms. The molecule has 5 nitrogen and oxygen atoms in total. The van der Waals surface area contributed by atoms with E-state index in [1.165, 1.54) is 23.8 Å². The van der Waals surface area contributed by atoms with Crippen LogP contribution in [0.15, 0.2) is 60.7 Å². The van der Waals surface area contributed by atoms with Crippen LogP contribution in [0.5, 0.6) is 0 Å². The number of halogens is 1. The molecular weight excluding hydrogens is 408 g/mol. The highest BCUT2D eigenvalue weighted by atomic mass is 35.5. The van der Waals surface area contributed by atoms with Crippen LogP contribution in [-0.2, 0) is 6.42 Å². The minimum atomic E-state index is -0.590. The average molecular weight is 423 g/mol. The minimum Gasteiger partial charge on any atom is -0.294 e. The van der Waals surface area contributed by atoms with Gasteiger partial charge in [-0.3, -0.25) is 14.9 Å². The Morgan fingerprint density at radius 1 is 1.10 bits per heavy atom. The molecule has 0 saturated heterocycles. The molecule has 0 unspecified atom stereocenters. The van der Waals surface area contributed by atoms with Gasteiger partial charge in [-0.15, -0.1) is 11.3 Å². The van der Waals surface area contributed by atoms with Crippen LogP contribution in [0.3, 0.4) is 0 Å². The van der Waals surface area contributed by atoms with Crippen LogP contribution in [0.25, 0.3) is 20.8 Å². The Balaban J connectivity index is 1.54. The van der Waals surface area contributed by atoms with Crippen molar-refractivity contribution in [1.29, 1.82) is 0 Å². The molecule has 0 aliphatic carbocycles. The van der Waals surface area contributed by atoms with Crippen LogP contribution in [0.2, 0.25) is 5.02 Å². The second-order valence-electron chi connectivity index (χ2n) is 6.71. The Morgan fingerprint density at radius 3 is 2.59 bits per heavy atom. The summed E-state index contributed by atoms with van der Waals surface area (Å²) in [6, 6.07) is 17.9. The molecule has 0 bridgehead atoms. The quantitative estimate of drug-likeness (QED) is 0.216. The zero-order valence-electron chi connectivity index (χ0n) is 15.4. The highest BCUT2D eigenvalue weighted by Gasteiger charge is 2.16. The molecular formula is C22H15ClN2O3S. The third kappa shape index (κ3) is 4.04. The summed E-state index contributed by atoms with van der Waals surface area (Å²) >= 11 is 7.44. The van der Waals surface area contributed by atoms with Gasteiger partial charge in [0.1, 0.15) is 10.0 Å². The second-order valence-corrected chi connectivity index (χ2v) is 8.15. The molecule has 0 aliphatic rings. The van der Waals surface area contributed by atoms with Gasteiger partial charge in [0.25, 0.3) is 5.69 Å². The number of hydrogen-bond donors (Lipinski definition) is 0. The summed E-state index contributed by atoms with van der Waals surface area (Å²) in [4.78, 5) is 27.6. The normalized spacial score (nSPS) is 11.0. The number of carbonyl (C=O) groups excluding carboxylic acids is 1. The van der Waals surface area contributed by atoms with Crippen molar-refractivity contribution in [3.8, 4) is 10.6 Å². The predicted octanol–water partition coefficient (Wildman–Crippen LogP) is 6.26. The molecule has 4 aromatic rings. The monoisotopic (exact) mass is 422 g/mol. The van der Waals surface area contributed by atoms with Gasteiger partial charge in [-0.1, -0.05) is 41.9 Å². The number of benzene rings is 3. The topological polar surface area (TPSA) is 73.1 Å². The first kappa shape index (κ1) is 19.2. The standard InChI is InChI=1S/C22H15ClN2O3S/c1-13-2-9-18-21(10-13)29-22(24-18)15-5-3-14(4-6-15)11-20(26)16-7-8-17(23)19(12-16)25(27)28/h2-10,12H,11H2,1H3. The first-order valence-corrected chi connectivity index (χ1v) is 10.0. The van der Waals surface area contributed by atoms with Crippen molar-refractivity contribution in [2.24, 2.45) is 0 Å². The highest BCUT2D eigenvalue weighted by Crippen LogP contribution is 2.31. The van der Waals surface area contributed by atoms with Crippen LogP contribution in [0.1, 0.15) is 21.5 Å². The largest absolute Gasteiger partial charge is 0.294 e. The zero-order chi connectivity index (χ0) is 20.5. The Morgan fingerprint density at radius 2 is 1.86 bits per heavy atom. The number of aryl methyl sites for hydroxylation is 1. The number of nitro benzene ring substituents is 1. The smallest absolute Gasteiger partial charge is 0.288 e. The molecule has 0 saturated carbocycles. The lowest BCUT2D eigenvalue weighted by Crippen LogP contribution is -2.04. The zero-order valence-corrected chi connectivity index (χ0v) is 17.0. The molecule has 3 aromatic carbocycles. The third-order valence-corrected chi connectivity index (χ3v) is 5.96. The maximum atomic E-state index is 12.5. The number of carbonyl (C=O) groups is 1. The predicted molar refractivity (Wildman–Crippen MR) is 116 cm³/mol. The molecule has 0 radical (unpaired) electrons. The van der Waals surface area contributed by atoms with Gasteiger partial charge in [-0.2, -0.15) is 0 Å². The van der Waals surface area contributed by atoms with Crippen LogP contribution in [0, 0.1) is 17.0 Å². The number of fused-ring (bicyclic) bond motifs is 1. The van der Waals surface area contributed by atoms with Crippen molar-refractivity contribution in [2.45, 2.75) is 13.3 Å². The van der Waals surface area contributed by atoms with E-state index in [9.17, 15) is 14.9 Å². The van der Waals surface area contributed by atoms with Crippen molar-refractivity contribution >= 4 is 44.6 Å². The maximum Gasteiger partial charge on any atom is 0.288 e. The summed E-state index contributed by atoms with van der Waals surface area (Å²) in [6.07, 6.45) is 0.151. The molecule has 0 aliphatic heterocycles. The van der Waals surface area contributed by atoms with Gasteiger partial charge in [0.15, 0.2) is 5.78 Å². The fourth-order valence-electron chi connectivity index (χ4n) is 3.03. The summed E-state index contributed by atoms with van der Waals surface area (Å²) in [5.74, 6) is -0.201. The number of nitro groups is 1. The molecule has 1 aromatic heterocycles. The number of thiazole rings is 1. The van der Waals surface area contributed by atoms with Gasteiger partial charge in [0, 0.05) is 23.6 Å². The van der Waals surface area contributed by atoms with E-state index < -0.39 is 4.92 Å². The van der Waals surface area contributed by atoms with Crippen molar-refractivity contribution in [3.63, 3.8) is 0 Å². The number of hydrogen-bond acceptors (Lipinski definition) is 5. The van der Waals surface area contributed by atoms with E-state index in [2.05, 4.69) is 18.0 Å². The van der Waals surface area contributed by atoms with Gasteiger partial charge in [-0.25, -0.2) is 4.98 Å². The first-order valence-electron chi connectivity index (χ1n) is 8.84. The molecule has 144 valence electrons. The van der Waals surface area contributed by atoms with Crippen LogP contribution >= 0.6 is 22.9 Å². The lowest BCUT2D eigenvalue weighted by molar-refractivity contribution is -0.384. The van der Waals surface area contributed by atoms with Gasteiger partial charge in [0.05, 0.1) is 15.1 Å². The number of ketones is 1. The molecule has 0 fully saturated rings. The Kier molecular flexibility index (Phi) is 5.13. The maximum absolute atomic E-state index is 12.5. The molecule has 0 atom stereocenters. The summed E-state index contributed by atoms with van der Waals surface area (Å²) in [5, 5.41) is 12.0. The van der Waals surface area contributed by atoms with E-state index in [1.807, 2.05) is 36.4 Å². The molecule has 0 spiro atoms. The SMILES string of the molecule is Cc1ccc2nc(-c3ccc(CC(=O)c4ccc(Cl)c([N+](=O)[O-])c4)cc3)sc2c1. The van der Waals surface area contributed by atoms with Crippen molar-refractivity contribution in [3.05, 3.63) is 92.5 Å². The van der Waals surface area contributed by atoms with Crippen molar-refractivity contribution in [2.75, 3.05) is 0 Å². The summed E-state index contributed by atoms with van der Waals surface area (Å²) < 4.78 is 1.14. The van der Waals surface area contributed by atoms with Gasteiger partial charge >= 0.3 is 0 Å². The number of Topliss-reactive ketones (excluding diaryl/α,β-unsaturated/α-hetero) is 1. The Hall–Kier alpha value is -3.09. The van der Waals surface area contributed by atoms with Crippen LogP contribution in [-0.4, -0.2) is 15.7 Å².